The van der Waals surface area contributed by atoms with Gasteiger partial charge in [-0.3, -0.25) is 0 Å². The topological polar surface area (TPSA) is 26.0 Å². The Labute approximate surface area is 92.8 Å². The van der Waals surface area contributed by atoms with Crippen LogP contribution in [-0.2, 0) is 0 Å². The minimum Gasteiger partial charge on any atom is -0.316 e. The molecule has 2 N–H and O–H groups in total. The number of rotatable bonds is 1. The van der Waals surface area contributed by atoms with Crippen molar-refractivity contribution in [3.05, 3.63) is 33.6 Å². The van der Waals surface area contributed by atoms with E-state index < -0.39 is 23.6 Å². The van der Waals surface area contributed by atoms with E-state index in [0.29, 0.717) is 6.07 Å². The quantitative estimate of drug-likeness (QED) is 0.606. The Morgan fingerprint density at radius 1 is 1.13 bits per heavy atom. The van der Waals surface area contributed by atoms with Gasteiger partial charge in [0.25, 0.3) is 0 Å². The highest BCUT2D eigenvalue weighted by atomic mass is 35.5. The molecule has 84 valence electrons. The molecule has 15 heavy (non-hydrogen) atoms. The smallest absolute Gasteiger partial charge is 0.316 e. The van der Waals surface area contributed by atoms with Crippen LogP contribution in [0.25, 0.3) is 0 Å². The molecule has 0 saturated heterocycles. The lowest BCUT2D eigenvalue weighted by atomic mass is 10.1. The van der Waals surface area contributed by atoms with Crippen LogP contribution >= 0.6 is 23.2 Å². The molecular formula is C8H5Cl2F4N. The van der Waals surface area contributed by atoms with Crippen LogP contribution in [-0.4, -0.2) is 6.18 Å². The summed E-state index contributed by atoms with van der Waals surface area (Å²) < 4.78 is 49.5. The van der Waals surface area contributed by atoms with E-state index in [0.717, 1.165) is 6.07 Å². The van der Waals surface area contributed by atoms with Crippen molar-refractivity contribution in [2.24, 2.45) is 5.73 Å². The fraction of sp³-hybridized carbons (Fsp3) is 0.250. The number of hydrogen-bond acceptors (Lipinski definition) is 1. The summed E-state index contributed by atoms with van der Waals surface area (Å²) in [4.78, 5) is 0. The maximum absolute atomic E-state index is 12.9. The molecule has 0 saturated carbocycles. The van der Waals surface area contributed by atoms with Crippen LogP contribution in [0.4, 0.5) is 17.6 Å². The summed E-state index contributed by atoms with van der Waals surface area (Å²) in [5, 5.41) is -0.663. The molecule has 0 aliphatic carbocycles. The highest BCUT2D eigenvalue weighted by Crippen LogP contribution is 2.36. The molecule has 1 nitrogen and oxygen atoms in total. The van der Waals surface area contributed by atoms with Gasteiger partial charge in [-0.2, -0.15) is 13.2 Å². The van der Waals surface area contributed by atoms with Crippen LogP contribution in [0.3, 0.4) is 0 Å². The average molecular weight is 262 g/mol. The van der Waals surface area contributed by atoms with Gasteiger partial charge < -0.3 is 5.73 Å². The molecule has 0 radical (unpaired) electrons. The van der Waals surface area contributed by atoms with E-state index >= 15 is 0 Å². The summed E-state index contributed by atoms with van der Waals surface area (Å²) >= 11 is 10.8. The van der Waals surface area contributed by atoms with Gasteiger partial charge in [-0.15, -0.1) is 0 Å². The zero-order valence-electron chi connectivity index (χ0n) is 7.08. The van der Waals surface area contributed by atoms with Crippen molar-refractivity contribution >= 4 is 23.2 Å². The molecule has 1 aromatic rings. The SMILES string of the molecule is NC(c1cc(F)c(Cl)cc1Cl)C(F)(F)F. The Hall–Kier alpha value is -0.520. The van der Waals surface area contributed by atoms with Crippen LogP contribution in [0, 0.1) is 5.82 Å². The van der Waals surface area contributed by atoms with Crippen molar-refractivity contribution in [1.82, 2.24) is 0 Å². The second kappa shape index (κ2) is 4.15. The first-order chi connectivity index (χ1) is 6.73. The lowest BCUT2D eigenvalue weighted by Crippen LogP contribution is -2.28. The normalized spacial score (nSPS) is 14.1. The van der Waals surface area contributed by atoms with Gasteiger partial charge in [-0.1, -0.05) is 23.2 Å². The van der Waals surface area contributed by atoms with Crippen molar-refractivity contribution in [1.29, 1.82) is 0 Å². The Bertz CT molecular complexity index is 378. The zero-order valence-corrected chi connectivity index (χ0v) is 8.59. The largest absolute Gasteiger partial charge is 0.407 e. The summed E-state index contributed by atoms with van der Waals surface area (Å²) in [6.07, 6.45) is -4.68. The first-order valence-corrected chi connectivity index (χ1v) is 4.46. The first kappa shape index (κ1) is 12.5. The Morgan fingerprint density at radius 2 is 1.67 bits per heavy atom. The second-order valence-electron chi connectivity index (χ2n) is 2.81. The van der Waals surface area contributed by atoms with Gasteiger partial charge in [0, 0.05) is 5.02 Å². The molecule has 1 aromatic carbocycles. The fourth-order valence-electron chi connectivity index (χ4n) is 0.953. The number of hydrogen-bond donors (Lipinski definition) is 1. The fourth-order valence-corrected chi connectivity index (χ4v) is 1.45. The second-order valence-corrected chi connectivity index (χ2v) is 3.62. The predicted octanol–water partition coefficient (Wildman–Crippen LogP) is 3.69. The van der Waals surface area contributed by atoms with Gasteiger partial charge in [-0.25, -0.2) is 4.39 Å². The maximum atomic E-state index is 12.9. The molecule has 1 rings (SSSR count). The summed E-state index contributed by atoms with van der Waals surface area (Å²) in [5.74, 6) is -0.990. The molecule has 0 aromatic heterocycles. The van der Waals surface area contributed by atoms with Gasteiger partial charge in [-0.05, 0) is 17.7 Å². The third-order valence-corrected chi connectivity index (χ3v) is 2.34. The Balaban J connectivity index is 3.21. The van der Waals surface area contributed by atoms with Crippen molar-refractivity contribution in [2.45, 2.75) is 12.2 Å². The molecule has 0 spiro atoms. The predicted molar refractivity (Wildman–Crippen MR) is 49.4 cm³/mol. The Morgan fingerprint density at radius 3 is 2.13 bits per heavy atom. The summed E-state index contributed by atoms with van der Waals surface area (Å²) in [6.45, 7) is 0. The summed E-state index contributed by atoms with van der Waals surface area (Å²) in [7, 11) is 0. The summed E-state index contributed by atoms with van der Waals surface area (Å²) in [6, 6.07) is -0.848. The monoisotopic (exact) mass is 261 g/mol. The minimum absolute atomic E-state index is 0.314. The highest BCUT2D eigenvalue weighted by molar-refractivity contribution is 6.35. The third-order valence-electron chi connectivity index (χ3n) is 1.73. The molecule has 0 fully saturated rings. The lowest BCUT2D eigenvalue weighted by Gasteiger charge is -2.17. The average Bonchev–Trinajstić information content (AvgIpc) is 2.08. The van der Waals surface area contributed by atoms with Gasteiger partial charge in [0.05, 0.1) is 5.02 Å². The number of halogens is 6. The van der Waals surface area contributed by atoms with Crippen LogP contribution in [0.2, 0.25) is 10.0 Å². The molecular weight excluding hydrogens is 257 g/mol. The van der Waals surface area contributed by atoms with Crippen molar-refractivity contribution < 1.29 is 17.6 Å². The van der Waals surface area contributed by atoms with Gasteiger partial charge in [0.1, 0.15) is 11.9 Å². The molecule has 0 heterocycles. The minimum atomic E-state index is -4.68. The highest BCUT2D eigenvalue weighted by Gasteiger charge is 2.39. The summed E-state index contributed by atoms with van der Waals surface area (Å²) in [5.41, 5.74) is 4.34. The van der Waals surface area contributed by atoms with Crippen LogP contribution in [0.5, 0.6) is 0 Å². The molecule has 1 unspecified atom stereocenters. The van der Waals surface area contributed by atoms with Crippen LogP contribution in [0.15, 0.2) is 12.1 Å². The van der Waals surface area contributed by atoms with E-state index in [4.69, 9.17) is 28.9 Å². The maximum Gasteiger partial charge on any atom is 0.407 e. The van der Waals surface area contributed by atoms with Gasteiger partial charge >= 0.3 is 6.18 Å². The molecule has 0 aliphatic heterocycles. The zero-order chi connectivity index (χ0) is 11.8. The van der Waals surface area contributed by atoms with E-state index in [9.17, 15) is 17.6 Å². The van der Waals surface area contributed by atoms with Crippen molar-refractivity contribution in [3.8, 4) is 0 Å². The van der Waals surface area contributed by atoms with Gasteiger partial charge in [0.15, 0.2) is 0 Å². The number of nitrogens with two attached hydrogens (primary N) is 1. The molecule has 0 amide bonds. The van der Waals surface area contributed by atoms with Crippen molar-refractivity contribution in [3.63, 3.8) is 0 Å². The van der Waals surface area contributed by atoms with E-state index in [2.05, 4.69) is 0 Å². The first-order valence-electron chi connectivity index (χ1n) is 3.70. The standard InChI is InChI=1S/C8H5Cl2F4N/c9-4-2-5(10)6(11)1-3(4)7(15)8(12,13)14/h1-2,7H,15H2. The third kappa shape index (κ3) is 2.74. The molecule has 7 heteroatoms. The van der Waals surface area contributed by atoms with E-state index in [1.807, 2.05) is 0 Å². The van der Waals surface area contributed by atoms with Crippen molar-refractivity contribution in [2.75, 3.05) is 0 Å². The Kier molecular flexibility index (Phi) is 3.48. The number of alkyl halides is 3. The lowest BCUT2D eigenvalue weighted by molar-refractivity contribution is -0.149. The van der Waals surface area contributed by atoms with Crippen LogP contribution < -0.4 is 5.73 Å². The van der Waals surface area contributed by atoms with E-state index in [-0.39, 0.29) is 10.0 Å². The molecule has 0 bridgehead atoms. The molecule has 1 atom stereocenters. The van der Waals surface area contributed by atoms with E-state index in [1.54, 1.807) is 0 Å². The van der Waals surface area contributed by atoms with E-state index in [1.165, 1.54) is 0 Å². The van der Waals surface area contributed by atoms with Gasteiger partial charge in [0.2, 0.25) is 0 Å². The van der Waals surface area contributed by atoms with Crippen LogP contribution in [0.1, 0.15) is 11.6 Å². The number of benzene rings is 1. The molecule has 0 aliphatic rings.